The maximum Gasteiger partial charge on any atom is 0.185 e. The van der Waals surface area contributed by atoms with Crippen LogP contribution in [0.25, 0.3) is 76.4 Å². The number of benzene rings is 6. The van der Waals surface area contributed by atoms with Gasteiger partial charge in [-0.15, -0.1) is 0 Å². The highest BCUT2D eigenvalue weighted by Crippen LogP contribution is 2.47. The van der Waals surface area contributed by atoms with E-state index in [9.17, 15) is 0 Å². The van der Waals surface area contributed by atoms with Crippen molar-refractivity contribution in [3.63, 3.8) is 0 Å². The standard InChI is InChI=1S/C44H30N4/c1-3-13-29(4-2)44(26-37(45-27-46-44)28-14-6-5-7-15-28)48-39-21-11-9-17-36(39)41-31-22-23-35-33-19-12-18-32-30-16-8-10-20-38(30)47(42(32)33)43(35)34(31)24-25-40(41)48/h3-27H,1-2H2,(H,45,46)/b29-13+. The molecule has 1 atom stereocenters. The van der Waals surface area contributed by atoms with E-state index in [1.165, 1.54) is 59.6 Å². The summed E-state index contributed by atoms with van der Waals surface area (Å²) < 4.78 is 4.86. The number of para-hydroxylation sites is 3. The van der Waals surface area contributed by atoms with Gasteiger partial charge in [-0.05, 0) is 35.2 Å². The molecule has 1 aliphatic heterocycles. The zero-order valence-corrected chi connectivity index (χ0v) is 26.2. The molecule has 3 aromatic heterocycles. The predicted molar refractivity (Wildman–Crippen MR) is 204 cm³/mol. The molecule has 4 heterocycles. The first kappa shape index (κ1) is 26.8. The van der Waals surface area contributed by atoms with Crippen molar-refractivity contribution in [3.8, 4) is 0 Å². The summed E-state index contributed by atoms with van der Waals surface area (Å²) in [4.78, 5) is 5.25. The number of fused-ring (bicyclic) bond motifs is 12. The van der Waals surface area contributed by atoms with Gasteiger partial charge in [0.15, 0.2) is 5.66 Å². The van der Waals surface area contributed by atoms with E-state index in [4.69, 9.17) is 4.99 Å². The fraction of sp³-hybridized carbons (Fsp3) is 0.0227. The van der Waals surface area contributed by atoms with Crippen molar-refractivity contribution in [3.05, 3.63) is 170 Å². The summed E-state index contributed by atoms with van der Waals surface area (Å²) >= 11 is 0. The van der Waals surface area contributed by atoms with Crippen LogP contribution in [0.4, 0.5) is 0 Å². The molecule has 1 aliphatic rings. The molecular weight excluding hydrogens is 585 g/mol. The molecule has 6 aromatic carbocycles. The first-order valence-corrected chi connectivity index (χ1v) is 16.3. The molecule has 0 aliphatic carbocycles. The van der Waals surface area contributed by atoms with E-state index < -0.39 is 5.66 Å². The lowest BCUT2D eigenvalue weighted by Crippen LogP contribution is -2.36. The van der Waals surface area contributed by atoms with Crippen LogP contribution in [0.15, 0.2) is 169 Å². The third-order valence-corrected chi connectivity index (χ3v) is 10.2. The van der Waals surface area contributed by atoms with Gasteiger partial charge >= 0.3 is 0 Å². The van der Waals surface area contributed by atoms with Crippen LogP contribution in [0.2, 0.25) is 0 Å². The molecule has 0 saturated carbocycles. The van der Waals surface area contributed by atoms with E-state index in [1.54, 1.807) is 0 Å². The average molecular weight is 615 g/mol. The van der Waals surface area contributed by atoms with E-state index >= 15 is 0 Å². The first-order valence-electron chi connectivity index (χ1n) is 16.3. The molecule has 9 aromatic rings. The second-order valence-electron chi connectivity index (χ2n) is 12.5. The third kappa shape index (κ3) is 3.36. The molecule has 226 valence electrons. The average Bonchev–Trinajstić information content (AvgIpc) is 3.79. The van der Waals surface area contributed by atoms with Crippen molar-refractivity contribution >= 4 is 82.7 Å². The van der Waals surface area contributed by atoms with E-state index in [0.29, 0.717) is 0 Å². The Balaban J connectivity index is 1.37. The number of nitrogens with one attached hydrogen (secondary N) is 1. The van der Waals surface area contributed by atoms with Crippen LogP contribution in [-0.2, 0) is 5.66 Å². The second kappa shape index (κ2) is 9.81. The lowest BCUT2D eigenvalue weighted by molar-refractivity contribution is 0.497. The molecule has 48 heavy (non-hydrogen) atoms. The molecule has 1 N–H and O–H groups in total. The van der Waals surface area contributed by atoms with Crippen LogP contribution in [0, 0.1) is 0 Å². The lowest BCUT2D eigenvalue weighted by atomic mass is 9.94. The van der Waals surface area contributed by atoms with E-state index in [2.05, 4.69) is 149 Å². The molecule has 0 spiro atoms. The molecule has 10 rings (SSSR count). The maximum atomic E-state index is 5.25. The zero-order chi connectivity index (χ0) is 32.0. The predicted octanol–water partition coefficient (Wildman–Crippen LogP) is 10.7. The molecule has 4 heteroatoms. The summed E-state index contributed by atoms with van der Waals surface area (Å²) in [5.74, 6) is 0. The van der Waals surface area contributed by atoms with Gasteiger partial charge in [-0.2, -0.15) is 0 Å². The Morgan fingerprint density at radius 2 is 1.23 bits per heavy atom. The summed E-state index contributed by atoms with van der Waals surface area (Å²) in [5.41, 5.74) is 8.04. The van der Waals surface area contributed by atoms with Gasteiger partial charge < -0.3 is 14.3 Å². The second-order valence-corrected chi connectivity index (χ2v) is 12.5. The van der Waals surface area contributed by atoms with Gasteiger partial charge in [-0.25, -0.2) is 4.99 Å². The minimum absolute atomic E-state index is 0.919. The zero-order valence-electron chi connectivity index (χ0n) is 26.2. The summed E-state index contributed by atoms with van der Waals surface area (Å²) in [6.07, 6.45) is 9.77. The number of hydrogen-bond donors (Lipinski definition) is 1. The molecule has 0 saturated heterocycles. The van der Waals surface area contributed by atoms with Gasteiger partial charge in [0.2, 0.25) is 0 Å². The Bertz CT molecular complexity index is 2900. The molecule has 0 bridgehead atoms. The molecular formula is C44H30N4. The monoisotopic (exact) mass is 614 g/mol. The fourth-order valence-electron chi connectivity index (χ4n) is 8.29. The van der Waals surface area contributed by atoms with Gasteiger partial charge in [0.05, 0.1) is 33.9 Å². The highest BCUT2D eigenvalue weighted by atomic mass is 15.2. The number of allylic oxidation sites excluding steroid dienone is 2. The van der Waals surface area contributed by atoms with Crippen molar-refractivity contribution in [2.75, 3.05) is 0 Å². The highest BCUT2D eigenvalue weighted by molar-refractivity contribution is 6.31. The minimum Gasteiger partial charge on any atom is -0.346 e. The number of nitrogens with zero attached hydrogens (tertiary/aromatic N) is 3. The van der Waals surface area contributed by atoms with Gasteiger partial charge in [0, 0.05) is 49.0 Å². The number of hydrogen-bond acceptors (Lipinski definition) is 2. The largest absolute Gasteiger partial charge is 0.346 e. The van der Waals surface area contributed by atoms with Crippen LogP contribution < -0.4 is 5.32 Å². The molecule has 0 fully saturated rings. The van der Waals surface area contributed by atoms with Gasteiger partial charge in [-0.1, -0.05) is 135 Å². The quantitative estimate of drug-likeness (QED) is 0.192. The smallest absolute Gasteiger partial charge is 0.185 e. The fourth-order valence-corrected chi connectivity index (χ4v) is 8.29. The summed E-state index contributed by atoms with van der Waals surface area (Å²) in [6.45, 7) is 8.32. The SMILES string of the molecule is C=C/C=C(\C=C)C1(n2c3ccccc3c3c4ccc5c6cccc7c8ccccc8n(c5c4ccc32)c76)C=C(c2ccccc2)NC=N1. The Labute approximate surface area is 276 Å². The maximum absolute atomic E-state index is 5.25. The third-order valence-electron chi connectivity index (χ3n) is 10.2. The lowest BCUT2D eigenvalue weighted by Gasteiger charge is -2.35. The van der Waals surface area contributed by atoms with Crippen molar-refractivity contribution in [1.82, 2.24) is 14.3 Å². The Morgan fingerprint density at radius 3 is 2.02 bits per heavy atom. The molecule has 1 unspecified atom stereocenters. The van der Waals surface area contributed by atoms with Crippen LogP contribution in [0.3, 0.4) is 0 Å². The van der Waals surface area contributed by atoms with Crippen molar-refractivity contribution < 1.29 is 0 Å². The molecule has 0 radical (unpaired) electrons. The summed E-state index contributed by atoms with van der Waals surface area (Å²) in [7, 11) is 0. The van der Waals surface area contributed by atoms with Crippen LogP contribution in [0.1, 0.15) is 5.56 Å². The van der Waals surface area contributed by atoms with Crippen molar-refractivity contribution in [1.29, 1.82) is 0 Å². The van der Waals surface area contributed by atoms with Crippen molar-refractivity contribution in [2.24, 2.45) is 4.99 Å². The van der Waals surface area contributed by atoms with Crippen LogP contribution >= 0.6 is 0 Å². The number of rotatable bonds is 5. The Hall–Kier alpha value is -6.39. The number of aromatic nitrogens is 2. The molecule has 0 amide bonds. The van der Waals surface area contributed by atoms with Crippen molar-refractivity contribution in [2.45, 2.75) is 5.66 Å². The molecule has 4 nitrogen and oxygen atoms in total. The van der Waals surface area contributed by atoms with E-state index in [1.807, 2.05) is 30.6 Å². The van der Waals surface area contributed by atoms with Crippen LogP contribution in [0.5, 0.6) is 0 Å². The summed E-state index contributed by atoms with van der Waals surface area (Å²) in [5, 5.41) is 13.4. The van der Waals surface area contributed by atoms with E-state index in [-0.39, 0.29) is 0 Å². The Morgan fingerprint density at radius 1 is 0.604 bits per heavy atom. The normalized spacial score (nSPS) is 16.9. The number of aliphatic imine (C=N–C) groups is 1. The van der Waals surface area contributed by atoms with E-state index in [0.717, 1.165) is 27.9 Å². The van der Waals surface area contributed by atoms with Gasteiger partial charge in [-0.3, -0.25) is 0 Å². The van der Waals surface area contributed by atoms with Crippen LogP contribution in [-0.4, -0.2) is 15.3 Å². The topological polar surface area (TPSA) is 33.7 Å². The minimum atomic E-state index is -0.919. The summed E-state index contributed by atoms with van der Waals surface area (Å²) in [6, 6.07) is 43.8. The van der Waals surface area contributed by atoms with Gasteiger partial charge in [0.1, 0.15) is 0 Å². The van der Waals surface area contributed by atoms with Gasteiger partial charge in [0.25, 0.3) is 0 Å². The first-order chi connectivity index (χ1) is 23.7. The highest BCUT2D eigenvalue weighted by Gasteiger charge is 2.37. The Kier molecular flexibility index (Phi) is 5.47.